The molecule has 1 saturated carbocycles. The first-order valence-corrected chi connectivity index (χ1v) is 8.18. The zero-order chi connectivity index (χ0) is 13.9. The number of rotatable bonds is 6. The molecule has 2 aliphatic rings. The van der Waals surface area contributed by atoms with Crippen LogP contribution in [0.25, 0.3) is 0 Å². The molecule has 1 heterocycles. The summed E-state index contributed by atoms with van der Waals surface area (Å²) < 4.78 is 5.85. The fourth-order valence-electron chi connectivity index (χ4n) is 3.73. The third-order valence-electron chi connectivity index (χ3n) is 5.15. The van der Waals surface area contributed by atoms with Crippen LogP contribution in [0.4, 0.5) is 0 Å². The quantitative estimate of drug-likeness (QED) is 0.801. The maximum Gasteiger partial charge on any atom is 0.0655 e. The molecule has 0 aromatic rings. The van der Waals surface area contributed by atoms with Crippen LogP contribution >= 0.6 is 0 Å². The number of nitrogens with one attached hydrogen (secondary N) is 1. The van der Waals surface area contributed by atoms with Crippen LogP contribution in [0.1, 0.15) is 53.4 Å². The summed E-state index contributed by atoms with van der Waals surface area (Å²) >= 11 is 0. The molecular weight excluding hydrogens is 236 g/mol. The number of piperidine rings is 1. The zero-order valence-electron chi connectivity index (χ0n) is 13.2. The average molecular weight is 268 g/mol. The highest BCUT2D eigenvalue weighted by Crippen LogP contribution is 2.46. The molecule has 2 atom stereocenters. The summed E-state index contributed by atoms with van der Waals surface area (Å²) in [6, 6.07) is 1.48. The van der Waals surface area contributed by atoms with Crippen molar-refractivity contribution in [1.82, 2.24) is 10.2 Å². The van der Waals surface area contributed by atoms with Crippen molar-refractivity contribution in [3.8, 4) is 0 Å². The molecule has 0 radical (unpaired) electrons. The molecular formula is C16H32N2O. The van der Waals surface area contributed by atoms with E-state index < -0.39 is 0 Å². The lowest BCUT2D eigenvalue weighted by atomic mass is 9.63. The van der Waals surface area contributed by atoms with Gasteiger partial charge in [0, 0.05) is 24.1 Å². The van der Waals surface area contributed by atoms with E-state index in [2.05, 4.69) is 37.9 Å². The van der Waals surface area contributed by atoms with Gasteiger partial charge in [0.2, 0.25) is 0 Å². The second-order valence-electron chi connectivity index (χ2n) is 6.78. The lowest BCUT2D eigenvalue weighted by Gasteiger charge is -2.57. The fourth-order valence-corrected chi connectivity index (χ4v) is 3.73. The van der Waals surface area contributed by atoms with Gasteiger partial charge in [-0.1, -0.05) is 20.8 Å². The number of nitrogens with zero attached hydrogens (tertiary/aromatic N) is 1. The molecule has 2 rings (SSSR count). The summed E-state index contributed by atoms with van der Waals surface area (Å²) in [4.78, 5) is 2.71. The van der Waals surface area contributed by atoms with E-state index in [0.717, 1.165) is 18.7 Å². The average Bonchev–Trinajstić information content (AvgIpc) is 2.41. The monoisotopic (exact) mass is 268 g/mol. The summed E-state index contributed by atoms with van der Waals surface area (Å²) in [5.74, 6) is 0. The second kappa shape index (κ2) is 6.55. The van der Waals surface area contributed by atoms with Gasteiger partial charge in [-0.2, -0.15) is 0 Å². The van der Waals surface area contributed by atoms with Crippen molar-refractivity contribution in [2.24, 2.45) is 5.41 Å². The predicted octanol–water partition coefficient (Wildman–Crippen LogP) is 2.65. The van der Waals surface area contributed by atoms with Crippen molar-refractivity contribution in [3.63, 3.8) is 0 Å². The lowest BCUT2D eigenvalue weighted by Crippen LogP contribution is -2.63. The Balaban J connectivity index is 1.76. The van der Waals surface area contributed by atoms with Crippen LogP contribution in [0.15, 0.2) is 0 Å². The Morgan fingerprint density at radius 1 is 1.21 bits per heavy atom. The number of hydrogen-bond acceptors (Lipinski definition) is 3. The minimum Gasteiger partial charge on any atom is -0.378 e. The van der Waals surface area contributed by atoms with Crippen LogP contribution in [0.3, 0.4) is 0 Å². The van der Waals surface area contributed by atoms with Crippen molar-refractivity contribution in [2.75, 3.05) is 26.2 Å². The molecule has 1 aliphatic heterocycles. The van der Waals surface area contributed by atoms with Gasteiger partial charge in [0.25, 0.3) is 0 Å². The molecule has 0 spiro atoms. The highest BCUT2D eigenvalue weighted by molar-refractivity contribution is 5.04. The van der Waals surface area contributed by atoms with Gasteiger partial charge in [-0.15, -0.1) is 0 Å². The maximum absolute atomic E-state index is 5.85. The van der Waals surface area contributed by atoms with Gasteiger partial charge in [-0.3, -0.25) is 4.90 Å². The zero-order valence-corrected chi connectivity index (χ0v) is 13.2. The van der Waals surface area contributed by atoms with Gasteiger partial charge in [0.15, 0.2) is 0 Å². The molecule has 112 valence electrons. The highest BCUT2D eigenvalue weighted by atomic mass is 16.5. The number of ether oxygens (including phenoxy) is 1. The summed E-state index contributed by atoms with van der Waals surface area (Å²) in [7, 11) is 0. The molecule has 0 bridgehead atoms. The molecule has 2 unspecified atom stereocenters. The molecule has 1 N–H and O–H groups in total. The Morgan fingerprint density at radius 3 is 2.42 bits per heavy atom. The van der Waals surface area contributed by atoms with Crippen molar-refractivity contribution in [3.05, 3.63) is 0 Å². The Bertz CT molecular complexity index is 272. The lowest BCUT2D eigenvalue weighted by molar-refractivity contribution is -0.153. The normalized spacial score (nSPS) is 32.2. The molecule has 0 amide bonds. The standard InChI is InChI=1S/C16H32N2O/c1-5-9-17-13-7-10-18(11-8-13)14-12-15(19-6-2)16(14,3)4/h13-15,17H,5-12H2,1-4H3. The first-order chi connectivity index (χ1) is 9.09. The Hall–Kier alpha value is -0.120. The maximum atomic E-state index is 5.85. The van der Waals surface area contributed by atoms with E-state index in [1.807, 2.05) is 0 Å². The third kappa shape index (κ3) is 3.32. The van der Waals surface area contributed by atoms with Crippen molar-refractivity contribution in [2.45, 2.75) is 71.6 Å². The van der Waals surface area contributed by atoms with Gasteiger partial charge >= 0.3 is 0 Å². The molecule has 19 heavy (non-hydrogen) atoms. The fraction of sp³-hybridized carbons (Fsp3) is 1.00. The van der Waals surface area contributed by atoms with Crippen LogP contribution in [0.5, 0.6) is 0 Å². The van der Waals surface area contributed by atoms with Gasteiger partial charge in [0.1, 0.15) is 0 Å². The molecule has 0 aromatic heterocycles. The number of likely N-dealkylation sites (tertiary alicyclic amines) is 1. The highest BCUT2D eigenvalue weighted by Gasteiger charge is 2.51. The minimum atomic E-state index is 0.333. The Kier molecular flexibility index (Phi) is 5.27. The Morgan fingerprint density at radius 2 is 1.89 bits per heavy atom. The Labute approximate surface area is 119 Å². The first kappa shape index (κ1) is 15.3. The van der Waals surface area contributed by atoms with Crippen LogP contribution < -0.4 is 5.32 Å². The number of hydrogen-bond donors (Lipinski definition) is 1. The summed E-state index contributed by atoms with van der Waals surface area (Å²) in [5.41, 5.74) is 0.333. The van der Waals surface area contributed by atoms with E-state index in [1.54, 1.807) is 0 Å². The summed E-state index contributed by atoms with van der Waals surface area (Å²) in [6.45, 7) is 13.6. The van der Waals surface area contributed by atoms with E-state index in [0.29, 0.717) is 11.5 Å². The van der Waals surface area contributed by atoms with E-state index >= 15 is 0 Å². The van der Waals surface area contributed by atoms with Crippen molar-refractivity contribution in [1.29, 1.82) is 0 Å². The molecule has 3 nitrogen and oxygen atoms in total. The van der Waals surface area contributed by atoms with Crippen molar-refractivity contribution >= 4 is 0 Å². The topological polar surface area (TPSA) is 24.5 Å². The minimum absolute atomic E-state index is 0.333. The van der Waals surface area contributed by atoms with Crippen LogP contribution in [-0.2, 0) is 4.74 Å². The van der Waals surface area contributed by atoms with E-state index in [1.165, 1.54) is 45.3 Å². The third-order valence-corrected chi connectivity index (χ3v) is 5.15. The van der Waals surface area contributed by atoms with E-state index in [9.17, 15) is 0 Å². The molecule has 2 fully saturated rings. The van der Waals surface area contributed by atoms with Gasteiger partial charge in [-0.25, -0.2) is 0 Å². The summed E-state index contributed by atoms with van der Waals surface area (Å²) in [5, 5.41) is 3.67. The second-order valence-corrected chi connectivity index (χ2v) is 6.78. The molecule has 1 aliphatic carbocycles. The van der Waals surface area contributed by atoms with Crippen molar-refractivity contribution < 1.29 is 4.74 Å². The largest absolute Gasteiger partial charge is 0.378 e. The molecule has 1 saturated heterocycles. The van der Waals surface area contributed by atoms with Crippen LogP contribution in [-0.4, -0.2) is 49.3 Å². The summed E-state index contributed by atoms with van der Waals surface area (Å²) in [6.07, 6.45) is 5.57. The van der Waals surface area contributed by atoms with Gasteiger partial charge in [0.05, 0.1) is 6.10 Å². The SMILES string of the molecule is CCCNC1CCN(C2CC(OCC)C2(C)C)CC1. The molecule has 0 aromatic carbocycles. The van der Waals surface area contributed by atoms with E-state index in [4.69, 9.17) is 4.74 Å². The first-order valence-electron chi connectivity index (χ1n) is 8.18. The van der Waals surface area contributed by atoms with E-state index in [-0.39, 0.29) is 0 Å². The van der Waals surface area contributed by atoms with Gasteiger partial charge in [-0.05, 0) is 52.2 Å². The smallest absolute Gasteiger partial charge is 0.0655 e. The molecule has 3 heteroatoms. The predicted molar refractivity (Wildman–Crippen MR) is 80.5 cm³/mol. The van der Waals surface area contributed by atoms with Gasteiger partial charge < -0.3 is 10.1 Å². The van der Waals surface area contributed by atoms with Crippen LogP contribution in [0, 0.1) is 5.41 Å². The van der Waals surface area contributed by atoms with Crippen LogP contribution in [0.2, 0.25) is 0 Å².